The van der Waals surface area contributed by atoms with E-state index in [-0.39, 0.29) is 18.8 Å². The second-order valence-corrected chi connectivity index (χ2v) is 2.38. The van der Waals surface area contributed by atoms with Crippen LogP contribution in [0.3, 0.4) is 0 Å². The van der Waals surface area contributed by atoms with Crippen LogP contribution < -0.4 is 0 Å². The molecular weight excluding hydrogens is 132 g/mol. The Bertz CT molecular complexity index is 94.9. The highest BCUT2D eigenvalue weighted by Crippen LogP contribution is 2.24. The summed E-state index contributed by atoms with van der Waals surface area (Å²) in [5, 5.41) is 8.57. The van der Waals surface area contributed by atoms with Gasteiger partial charge in [-0.2, -0.15) is 0 Å². The van der Waals surface area contributed by atoms with Gasteiger partial charge in [-0.15, -0.1) is 0 Å². The van der Waals surface area contributed by atoms with Crippen LogP contribution in [0, 0.1) is 0 Å². The summed E-state index contributed by atoms with van der Waals surface area (Å²) in [6, 6.07) is 0. The lowest BCUT2D eigenvalue weighted by molar-refractivity contribution is 0.138. The van der Waals surface area contributed by atoms with Gasteiger partial charge in [0.1, 0.15) is 6.10 Å². The largest absolute Gasteiger partial charge is 0.394 e. The maximum Gasteiger partial charge on any atom is 0.107 e. The van der Waals surface area contributed by atoms with Crippen molar-refractivity contribution >= 4 is 0 Å². The number of aliphatic hydroxyl groups is 1. The van der Waals surface area contributed by atoms with Gasteiger partial charge in [-0.05, 0) is 13.3 Å². The minimum Gasteiger partial charge on any atom is -0.394 e. The first-order chi connectivity index (χ1) is 4.88. The van der Waals surface area contributed by atoms with Gasteiger partial charge in [0.2, 0.25) is 0 Å². The maximum atomic E-state index is 8.57. The predicted octanol–water partition coefficient (Wildman–Crippen LogP) is 0.173. The smallest absolute Gasteiger partial charge is 0.107 e. The van der Waals surface area contributed by atoms with Crippen molar-refractivity contribution in [2.24, 2.45) is 0 Å². The molecule has 1 saturated heterocycles. The molecular formula is C7H14O3. The molecule has 1 aliphatic rings. The first-order valence-electron chi connectivity index (χ1n) is 3.72. The molecule has 0 saturated carbocycles. The van der Waals surface area contributed by atoms with Crippen LogP contribution in [0.2, 0.25) is 0 Å². The zero-order chi connectivity index (χ0) is 7.40. The van der Waals surface area contributed by atoms with Crippen LogP contribution >= 0.6 is 0 Å². The molecule has 0 aromatic rings. The lowest BCUT2D eigenvalue weighted by atomic mass is 10.2. The summed E-state index contributed by atoms with van der Waals surface area (Å²) < 4.78 is 10.2. The van der Waals surface area contributed by atoms with Crippen molar-refractivity contribution in [3.05, 3.63) is 0 Å². The summed E-state index contributed by atoms with van der Waals surface area (Å²) in [4.78, 5) is 0. The molecule has 2 atom stereocenters. The Morgan fingerprint density at radius 3 is 2.80 bits per heavy atom. The van der Waals surface area contributed by atoms with Crippen molar-refractivity contribution in [1.82, 2.24) is 0 Å². The number of hydrogen-bond acceptors (Lipinski definition) is 3. The molecule has 1 aliphatic heterocycles. The number of epoxide rings is 1. The summed E-state index contributed by atoms with van der Waals surface area (Å²) in [6.45, 7) is 3.63. The fraction of sp³-hybridized carbons (Fsp3) is 1.00. The highest BCUT2D eigenvalue weighted by atomic mass is 16.6. The monoisotopic (exact) mass is 146 g/mol. The topological polar surface area (TPSA) is 42.0 Å². The molecule has 3 nitrogen and oxygen atoms in total. The van der Waals surface area contributed by atoms with E-state index in [1.54, 1.807) is 0 Å². The quantitative estimate of drug-likeness (QED) is 0.444. The van der Waals surface area contributed by atoms with E-state index in [0.29, 0.717) is 0 Å². The fourth-order valence-electron chi connectivity index (χ4n) is 0.938. The zero-order valence-corrected chi connectivity index (χ0v) is 6.25. The summed E-state index contributed by atoms with van der Waals surface area (Å²) in [6.07, 6.45) is 1.27. The van der Waals surface area contributed by atoms with Crippen molar-refractivity contribution in [3.8, 4) is 0 Å². The molecule has 1 heterocycles. The Kier molecular flexibility index (Phi) is 3.12. The summed E-state index contributed by atoms with van der Waals surface area (Å²) in [5.74, 6) is 0. The number of aliphatic hydroxyl groups excluding tert-OH is 1. The Morgan fingerprint density at radius 2 is 2.30 bits per heavy atom. The molecule has 1 N–H and O–H groups in total. The Labute approximate surface area is 60.9 Å². The van der Waals surface area contributed by atoms with Crippen LogP contribution in [0.15, 0.2) is 0 Å². The van der Waals surface area contributed by atoms with Crippen molar-refractivity contribution in [1.29, 1.82) is 0 Å². The normalized spacial score (nSPS) is 30.6. The van der Waals surface area contributed by atoms with E-state index in [4.69, 9.17) is 14.6 Å². The fourth-order valence-corrected chi connectivity index (χ4v) is 0.938. The molecule has 0 radical (unpaired) electrons. The minimum atomic E-state index is 0.0976. The molecule has 1 rings (SSSR count). The van der Waals surface area contributed by atoms with Gasteiger partial charge in [-0.25, -0.2) is 0 Å². The molecule has 0 spiro atoms. The first-order valence-corrected chi connectivity index (χ1v) is 3.72. The van der Waals surface area contributed by atoms with Crippen LogP contribution in [0.1, 0.15) is 13.3 Å². The average molecular weight is 146 g/mol. The minimum absolute atomic E-state index is 0.0976. The molecule has 0 unspecified atom stereocenters. The molecule has 1 fully saturated rings. The van der Waals surface area contributed by atoms with Gasteiger partial charge in [0.15, 0.2) is 0 Å². The maximum absolute atomic E-state index is 8.57. The van der Waals surface area contributed by atoms with E-state index >= 15 is 0 Å². The van der Waals surface area contributed by atoms with Crippen LogP contribution in [0.5, 0.6) is 0 Å². The van der Waals surface area contributed by atoms with E-state index in [2.05, 4.69) is 0 Å². The molecule has 3 heteroatoms. The Hall–Kier alpha value is -0.120. The molecule has 0 bridgehead atoms. The van der Waals surface area contributed by atoms with Gasteiger partial charge < -0.3 is 14.6 Å². The van der Waals surface area contributed by atoms with Crippen molar-refractivity contribution in [3.63, 3.8) is 0 Å². The third-order valence-corrected chi connectivity index (χ3v) is 1.62. The van der Waals surface area contributed by atoms with Gasteiger partial charge in [0.25, 0.3) is 0 Å². The standard InChI is InChI=1S/C7H14O3/c1-2-9-4-3-6-7(5-8)10-6/h6-8H,2-5H2,1H3/t6-,7-/m1/s1. The first kappa shape index (κ1) is 7.98. The van der Waals surface area contributed by atoms with Gasteiger partial charge in [-0.3, -0.25) is 0 Å². The molecule has 10 heavy (non-hydrogen) atoms. The number of ether oxygens (including phenoxy) is 2. The zero-order valence-electron chi connectivity index (χ0n) is 6.25. The van der Waals surface area contributed by atoms with Gasteiger partial charge in [0, 0.05) is 13.2 Å². The summed E-state index contributed by atoms with van der Waals surface area (Å²) in [5.41, 5.74) is 0. The lowest BCUT2D eigenvalue weighted by Gasteiger charge is -1.95. The third-order valence-electron chi connectivity index (χ3n) is 1.62. The molecule has 0 amide bonds. The van der Waals surface area contributed by atoms with Gasteiger partial charge in [-0.1, -0.05) is 0 Å². The highest BCUT2D eigenvalue weighted by Gasteiger charge is 2.37. The SMILES string of the molecule is CCOCC[C@H]1O[C@@H]1CO. The second-order valence-electron chi connectivity index (χ2n) is 2.38. The summed E-state index contributed by atoms with van der Waals surface area (Å²) >= 11 is 0. The second kappa shape index (κ2) is 3.91. The van der Waals surface area contributed by atoms with Crippen LogP contribution in [-0.4, -0.2) is 37.1 Å². The Balaban J connectivity index is 1.87. The van der Waals surface area contributed by atoms with Crippen molar-refractivity contribution in [2.45, 2.75) is 25.6 Å². The molecule has 60 valence electrons. The van der Waals surface area contributed by atoms with Crippen LogP contribution in [-0.2, 0) is 9.47 Å². The Morgan fingerprint density at radius 1 is 1.50 bits per heavy atom. The van der Waals surface area contributed by atoms with Crippen LogP contribution in [0.4, 0.5) is 0 Å². The lowest BCUT2D eigenvalue weighted by Crippen LogP contribution is -2.03. The molecule has 0 aromatic heterocycles. The summed E-state index contributed by atoms with van der Waals surface area (Å²) in [7, 11) is 0. The molecule has 0 aromatic carbocycles. The molecule has 0 aliphatic carbocycles. The van der Waals surface area contributed by atoms with E-state index in [9.17, 15) is 0 Å². The van der Waals surface area contributed by atoms with Crippen molar-refractivity contribution < 1.29 is 14.6 Å². The van der Waals surface area contributed by atoms with Crippen LogP contribution in [0.25, 0.3) is 0 Å². The highest BCUT2D eigenvalue weighted by molar-refractivity contribution is 4.83. The van der Waals surface area contributed by atoms with E-state index < -0.39 is 0 Å². The average Bonchev–Trinajstić information content (AvgIpc) is 2.68. The van der Waals surface area contributed by atoms with E-state index in [0.717, 1.165) is 19.6 Å². The van der Waals surface area contributed by atoms with Gasteiger partial charge in [0.05, 0.1) is 12.7 Å². The van der Waals surface area contributed by atoms with Crippen molar-refractivity contribution in [2.75, 3.05) is 19.8 Å². The predicted molar refractivity (Wildman–Crippen MR) is 36.9 cm³/mol. The number of hydrogen-bond donors (Lipinski definition) is 1. The van der Waals surface area contributed by atoms with E-state index in [1.807, 2.05) is 6.92 Å². The third kappa shape index (κ3) is 2.25. The van der Waals surface area contributed by atoms with E-state index in [1.165, 1.54) is 0 Å². The van der Waals surface area contributed by atoms with Gasteiger partial charge >= 0.3 is 0 Å². The number of rotatable bonds is 5.